The average molecular weight is 394 g/mol. The third-order valence-electron chi connectivity index (χ3n) is 3.16. The van der Waals surface area contributed by atoms with Crippen molar-refractivity contribution in [2.45, 2.75) is 24.4 Å². The van der Waals surface area contributed by atoms with Crippen molar-refractivity contribution >= 4 is 39.5 Å². The van der Waals surface area contributed by atoms with Crippen LogP contribution < -0.4 is 11.1 Å². The fraction of sp³-hybridized carbons (Fsp3) is 0.286. The first-order valence-corrected chi connectivity index (χ1v) is 9.44. The van der Waals surface area contributed by atoms with Gasteiger partial charge in [-0.25, -0.2) is 17.8 Å². The number of carbonyl (C=O) groups is 1. The lowest BCUT2D eigenvalue weighted by Crippen LogP contribution is -2.27. The molecule has 0 aliphatic carbocycles. The summed E-state index contributed by atoms with van der Waals surface area (Å²) in [7, 11) is -3.62. The topological polar surface area (TPSA) is 102 Å². The molecule has 1 aromatic heterocycles. The normalized spacial score (nSPS) is 12.3. The Morgan fingerprint density at radius 1 is 1.46 bits per heavy atom. The minimum atomic E-state index is -3.62. The highest BCUT2D eigenvalue weighted by atomic mass is 35.5. The monoisotopic (exact) mass is 393 g/mol. The Bertz CT molecular complexity index is 840. The predicted octanol–water partition coefficient (Wildman–Crippen LogP) is 2.06. The zero-order valence-corrected chi connectivity index (χ0v) is 15.4. The average Bonchev–Trinajstić information content (AvgIpc) is 2.94. The van der Waals surface area contributed by atoms with E-state index in [0.717, 1.165) is 12.3 Å². The van der Waals surface area contributed by atoms with Gasteiger partial charge in [-0.15, -0.1) is 23.7 Å². The Hall–Kier alpha value is -1.55. The van der Waals surface area contributed by atoms with Gasteiger partial charge in [0.15, 0.2) is 9.84 Å². The number of halogens is 2. The van der Waals surface area contributed by atoms with Crippen LogP contribution in [0.25, 0.3) is 0 Å². The number of hydrogen-bond donors (Lipinski definition) is 2. The quantitative estimate of drug-likeness (QED) is 0.809. The minimum absolute atomic E-state index is 0. The number of nitrogens with zero attached hydrogens (tertiary/aromatic N) is 1. The number of hydrogen-bond acceptors (Lipinski definition) is 6. The number of sulfone groups is 1. The Morgan fingerprint density at radius 2 is 2.12 bits per heavy atom. The van der Waals surface area contributed by atoms with Crippen molar-refractivity contribution in [2.24, 2.45) is 5.73 Å². The summed E-state index contributed by atoms with van der Waals surface area (Å²) in [4.78, 5) is 15.8. The van der Waals surface area contributed by atoms with Gasteiger partial charge in [-0.3, -0.25) is 4.79 Å². The third kappa shape index (κ3) is 4.73. The molecule has 3 N–H and O–H groups in total. The zero-order valence-electron chi connectivity index (χ0n) is 12.9. The van der Waals surface area contributed by atoms with Crippen molar-refractivity contribution < 1.29 is 17.6 Å². The summed E-state index contributed by atoms with van der Waals surface area (Å²) in [5, 5.41) is 4.92. The number of benzene rings is 1. The molecule has 132 valence electrons. The van der Waals surface area contributed by atoms with Crippen molar-refractivity contribution in [3.05, 3.63) is 45.7 Å². The molecule has 1 unspecified atom stereocenters. The van der Waals surface area contributed by atoms with Gasteiger partial charge in [-0.1, -0.05) is 6.07 Å². The van der Waals surface area contributed by atoms with E-state index in [4.69, 9.17) is 5.73 Å². The molecule has 1 amide bonds. The molecule has 6 nitrogen and oxygen atoms in total. The maximum atomic E-state index is 13.9. The molecule has 0 bridgehead atoms. The Morgan fingerprint density at radius 3 is 2.62 bits per heavy atom. The van der Waals surface area contributed by atoms with Crippen LogP contribution in [0.2, 0.25) is 0 Å². The van der Waals surface area contributed by atoms with Crippen molar-refractivity contribution in [2.75, 3.05) is 6.26 Å². The first-order chi connectivity index (χ1) is 10.7. The van der Waals surface area contributed by atoms with Crippen molar-refractivity contribution in [1.29, 1.82) is 0 Å². The molecule has 0 aliphatic heterocycles. The fourth-order valence-corrected chi connectivity index (χ4v) is 3.33. The van der Waals surface area contributed by atoms with Crippen molar-refractivity contribution in [3.8, 4) is 0 Å². The number of carbonyl (C=O) groups excluding carboxylic acids is 1. The molecule has 0 aliphatic rings. The zero-order chi connectivity index (χ0) is 17.2. The van der Waals surface area contributed by atoms with Crippen LogP contribution in [0.4, 0.5) is 4.39 Å². The van der Waals surface area contributed by atoms with Crippen molar-refractivity contribution in [3.63, 3.8) is 0 Å². The highest BCUT2D eigenvalue weighted by Gasteiger charge is 2.18. The first kappa shape index (κ1) is 20.5. The molecular formula is C14H17ClFN3O3S2. The van der Waals surface area contributed by atoms with Crippen LogP contribution in [0, 0.1) is 5.82 Å². The van der Waals surface area contributed by atoms with Gasteiger partial charge in [-0.05, 0) is 24.6 Å². The number of amides is 1. The van der Waals surface area contributed by atoms with E-state index in [1.165, 1.54) is 23.5 Å². The summed E-state index contributed by atoms with van der Waals surface area (Å²) < 4.78 is 36.7. The molecule has 1 heterocycles. The molecule has 0 spiro atoms. The molecule has 0 fully saturated rings. The Kier molecular flexibility index (Phi) is 6.85. The lowest BCUT2D eigenvalue weighted by molar-refractivity contribution is 0.0935. The van der Waals surface area contributed by atoms with E-state index in [1.54, 1.807) is 12.3 Å². The number of nitrogens with one attached hydrogen (secondary N) is 1. The molecule has 0 radical (unpaired) electrons. The van der Waals surface area contributed by atoms with Gasteiger partial charge in [0, 0.05) is 18.2 Å². The van der Waals surface area contributed by atoms with Gasteiger partial charge in [0.25, 0.3) is 5.91 Å². The molecule has 1 atom stereocenters. The minimum Gasteiger partial charge on any atom is -0.344 e. The summed E-state index contributed by atoms with van der Waals surface area (Å²) >= 11 is 1.28. The summed E-state index contributed by atoms with van der Waals surface area (Å²) in [6.45, 7) is 1.93. The van der Waals surface area contributed by atoms with Crippen LogP contribution in [-0.4, -0.2) is 25.6 Å². The van der Waals surface area contributed by atoms with Gasteiger partial charge >= 0.3 is 0 Å². The maximum Gasteiger partial charge on any atom is 0.271 e. The summed E-state index contributed by atoms with van der Waals surface area (Å²) in [5.41, 5.74) is 6.15. The van der Waals surface area contributed by atoms with Gasteiger partial charge in [0.1, 0.15) is 21.4 Å². The molecule has 0 saturated heterocycles. The van der Waals surface area contributed by atoms with Crippen LogP contribution in [0.15, 0.2) is 28.5 Å². The summed E-state index contributed by atoms with van der Waals surface area (Å²) in [5.74, 6) is -1.24. The van der Waals surface area contributed by atoms with E-state index in [-0.39, 0.29) is 29.5 Å². The Labute approximate surface area is 149 Å². The highest BCUT2D eigenvalue weighted by molar-refractivity contribution is 7.90. The summed E-state index contributed by atoms with van der Waals surface area (Å²) in [6, 6.07) is 3.26. The second kappa shape index (κ2) is 8.02. The van der Waals surface area contributed by atoms with Crippen LogP contribution in [0.3, 0.4) is 0 Å². The molecule has 10 heteroatoms. The van der Waals surface area contributed by atoms with Gasteiger partial charge in [0.05, 0.1) is 6.04 Å². The SMILES string of the molecule is CC(NC(=O)c1csc(CN)n1)c1ccc(S(C)(=O)=O)c(F)c1.Cl. The van der Waals surface area contributed by atoms with Crippen LogP contribution in [0.5, 0.6) is 0 Å². The lowest BCUT2D eigenvalue weighted by atomic mass is 10.1. The second-order valence-corrected chi connectivity index (χ2v) is 7.91. The molecule has 1 aromatic carbocycles. The van der Waals surface area contributed by atoms with Gasteiger partial charge in [0.2, 0.25) is 0 Å². The highest BCUT2D eigenvalue weighted by Crippen LogP contribution is 2.20. The predicted molar refractivity (Wildman–Crippen MR) is 92.6 cm³/mol. The smallest absolute Gasteiger partial charge is 0.271 e. The number of rotatable bonds is 5. The maximum absolute atomic E-state index is 13.9. The Balaban J connectivity index is 0.00000288. The molecule has 0 saturated carbocycles. The second-order valence-electron chi connectivity index (χ2n) is 4.99. The number of aromatic nitrogens is 1. The van der Waals surface area contributed by atoms with Crippen LogP contribution in [0.1, 0.15) is 34.0 Å². The molecular weight excluding hydrogens is 377 g/mol. The molecule has 24 heavy (non-hydrogen) atoms. The van der Waals surface area contributed by atoms with Gasteiger partial charge in [-0.2, -0.15) is 0 Å². The van der Waals surface area contributed by atoms with E-state index in [2.05, 4.69) is 10.3 Å². The standard InChI is InChI=1S/C14H16FN3O3S2.ClH/c1-8(17-14(19)11-7-22-13(6-16)18-11)9-3-4-12(10(15)5-9)23(2,20)21;/h3-5,7-8H,6,16H2,1-2H3,(H,17,19);1H. The summed E-state index contributed by atoms with van der Waals surface area (Å²) in [6.07, 6.45) is 0.938. The fourth-order valence-electron chi connectivity index (χ4n) is 1.95. The first-order valence-electron chi connectivity index (χ1n) is 6.67. The molecule has 2 rings (SSSR count). The lowest BCUT2D eigenvalue weighted by Gasteiger charge is -2.14. The van der Waals surface area contributed by atoms with Gasteiger partial charge < -0.3 is 11.1 Å². The van der Waals surface area contributed by atoms with E-state index < -0.39 is 27.6 Å². The van der Waals surface area contributed by atoms with Crippen molar-refractivity contribution in [1.82, 2.24) is 10.3 Å². The van der Waals surface area contributed by atoms with E-state index in [0.29, 0.717) is 10.6 Å². The molecule has 2 aromatic rings. The number of thiazole rings is 1. The van der Waals surface area contributed by atoms with Crippen LogP contribution >= 0.6 is 23.7 Å². The van der Waals surface area contributed by atoms with E-state index in [9.17, 15) is 17.6 Å². The van der Waals surface area contributed by atoms with E-state index >= 15 is 0 Å². The third-order valence-corrected chi connectivity index (χ3v) is 5.16. The van der Waals surface area contributed by atoms with E-state index in [1.807, 2.05) is 0 Å². The number of nitrogens with two attached hydrogens (primary N) is 1. The van der Waals surface area contributed by atoms with Crippen LogP contribution in [-0.2, 0) is 16.4 Å². The largest absolute Gasteiger partial charge is 0.344 e.